The molecule has 0 aliphatic carbocycles. The van der Waals surface area contributed by atoms with Crippen LogP contribution in [0.15, 0.2) is 0 Å². The van der Waals surface area contributed by atoms with Gasteiger partial charge in [-0.25, -0.2) is 0 Å². The Balaban J connectivity index is 2.41. The van der Waals surface area contributed by atoms with Crippen LogP contribution in [0.4, 0.5) is 0 Å². The Kier molecular flexibility index (Phi) is 2.65. The van der Waals surface area contributed by atoms with E-state index in [1.54, 1.807) is 0 Å². The normalized spacial score (nSPS) is 37.5. The highest BCUT2D eigenvalue weighted by Gasteiger charge is 2.19. The van der Waals surface area contributed by atoms with Crippen molar-refractivity contribution in [3.63, 3.8) is 0 Å². The first-order valence-corrected chi connectivity index (χ1v) is 3.82. The number of hydrogen-bond donors (Lipinski definition) is 2. The number of hydrogen-bond acceptors (Lipinski definition) is 3. The van der Waals surface area contributed by atoms with Crippen LogP contribution in [0, 0.1) is 0 Å². The van der Waals surface area contributed by atoms with E-state index in [4.69, 9.17) is 5.73 Å². The predicted octanol–water partition coefficient (Wildman–Crippen LogP) is -0.600. The fraction of sp³-hybridized carbons (Fsp3) is 1.00. The van der Waals surface area contributed by atoms with E-state index in [1.165, 1.54) is 0 Å². The zero-order valence-corrected chi connectivity index (χ0v) is 6.45. The maximum atomic E-state index is 9.32. The van der Waals surface area contributed by atoms with Gasteiger partial charge in [0.25, 0.3) is 0 Å². The third-order valence-electron chi connectivity index (χ3n) is 2.06. The molecule has 0 spiro atoms. The highest BCUT2D eigenvalue weighted by Crippen LogP contribution is 2.07. The standard InChI is InChI=1S/C7H16N2O/c1-9-4-2-3-7(10)6(8)5-9/h6-7,10H,2-5,8H2,1H3/t6-,7-/m1/s1. The Labute approximate surface area is 61.8 Å². The Morgan fingerprint density at radius 3 is 3.00 bits per heavy atom. The van der Waals surface area contributed by atoms with Crippen molar-refractivity contribution in [3.8, 4) is 0 Å². The molecule has 0 radical (unpaired) electrons. The van der Waals surface area contributed by atoms with E-state index in [0.717, 1.165) is 25.9 Å². The van der Waals surface area contributed by atoms with Crippen molar-refractivity contribution in [2.24, 2.45) is 5.73 Å². The number of nitrogens with zero attached hydrogens (tertiary/aromatic N) is 1. The number of aliphatic hydroxyl groups excluding tert-OH is 1. The number of likely N-dealkylation sites (N-methyl/N-ethyl adjacent to an activating group) is 1. The average Bonchev–Trinajstić information content (AvgIpc) is 1.96. The van der Waals surface area contributed by atoms with Gasteiger partial charge in [0.05, 0.1) is 6.10 Å². The molecular weight excluding hydrogens is 128 g/mol. The molecule has 1 heterocycles. The molecular formula is C7H16N2O. The van der Waals surface area contributed by atoms with Gasteiger partial charge >= 0.3 is 0 Å². The van der Waals surface area contributed by atoms with E-state index >= 15 is 0 Å². The fourth-order valence-corrected chi connectivity index (χ4v) is 1.36. The van der Waals surface area contributed by atoms with Gasteiger partial charge in [-0.3, -0.25) is 0 Å². The molecule has 0 unspecified atom stereocenters. The second-order valence-corrected chi connectivity index (χ2v) is 3.14. The molecule has 0 bridgehead atoms. The monoisotopic (exact) mass is 144 g/mol. The first kappa shape index (κ1) is 7.98. The predicted molar refractivity (Wildman–Crippen MR) is 40.7 cm³/mol. The lowest BCUT2D eigenvalue weighted by Gasteiger charge is -2.18. The maximum absolute atomic E-state index is 9.32. The first-order chi connectivity index (χ1) is 4.70. The van der Waals surface area contributed by atoms with Gasteiger partial charge in [0.15, 0.2) is 0 Å². The largest absolute Gasteiger partial charge is 0.391 e. The molecule has 1 aliphatic rings. The quantitative estimate of drug-likeness (QED) is 0.477. The summed E-state index contributed by atoms with van der Waals surface area (Å²) in [6.07, 6.45) is 1.63. The minimum atomic E-state index is -0.287. The Hall–Kier alpha value is -0.120. The van der Waals surface area contributed by atoms with Gasteiger partial charge in [0.1, 0.15) is 0 Å². The van der Waals surface area contributed by atoms with Gasteiger partial charge in [0, 0.05) is 12.6 Å². The summed E-state index contributed by atoms with van der Waals surface area (Å²) in [6, 6.07) is -0.0486. The summed E-state index contributed by atoms with van der Waals surface area (Å²) >= 11 is 0. The Bertz CT molecular complexity index is 108. The zero-order chi connectivity index (χ0) is 7.56. The number of aliphatic hydroxyl groups is 1. The smallest absolute Gasteiger partial charge is 0.0704 e. The SMILES string of the molecule is CN1CCC[C@@H](O)[C@H](N)C1. The second-order valence-electron chi connectivity index (χ2n) is 3.14. The maximum Gasteiger partial charge on any atom is 0.0704 e. The van der Waals surface area contributed by atoms with Crippen LogP contribution in [-0.2, 0) is 0 Å². The molecule has 3 heteroatoms. The van der Waals surface area contributed by atoms with Crippen molar-refractivity contribution in [1.82, 2.24) is 4.90 Å². The number of likely N-dealkylation sites (tertiary alicyclic amines) is 1. The Morgan fingerprint density at radius 2 is 2.30 bits per heavy atom. The van der Waals surface area contributed by atoms with E-state index < -0.39 is 0 Å². The zero-order valence-electron chi connectivity index (χ0n) is 6.45. The highest BCUT2D eigenvalue weighted by atomic mass is 16.3. The van der Waals surface area contributed by atoms with Crippen LogP contribution < -0.4 is 5.73 Å². The summed E-state index contributed by atoms with van der Waals surface area (Å²) in [7, 11) is 2.04. The lowest BCUT2D eigenvalue weighted by molar-refractivity contribution is 0.136. The van der Waals surface area contributed by atoms with Crippen LogP contribution in [-0.4, -0.2) is 42.3 Å². The summed E-state index contributed by atoms with van der Waals surface area (Å²) in [5, 5.41) is 9.32. The molecule has 1 aliphatic heterocycles. The highest BCUT2D eigenvalue weighted by molar-refractivity contribution is 4.78. The minimum absolute atomic E-state index is 0.0486. The van der Waals surface area contributed by atoms with Crippen molar-refractivity contribution in [3.05, 3.63) is 0 Å². The van der Waals surface area contributed by atoms with E-state index in [-0.39, 0.29) is 12.1 Å². The molecule has 3 N–H and O–H groups in total. The Morgan fingerprint density at radius 1 is 1.60 bits per heavy atom. The molecule has 0 aromatic carbocycles. The van der Waals surface area contributed by atoms with Crippen LogP contribution in [0.25, 0.3) is 0 Å². The molecule has 60 valence electrons. The molecule has 1 rings (SSSR count). The van der Waals surface area contributed by atoms with Crippen molar-refractivity contribution >= 4 is 0 Å². The van der Waals surface area contributed by atoms with Crippen LogP contribution >= 0.6 is 0 Å². The van der Waals surface area contributed by atoms with E-state index in [2.05, 4.69) is 4.90 Å². The van der Waals surface area contributed by atoms with E-state index in [0.29, 0.717) is 0 Å². The summed E-state index contributed by atoms with van der Waals surface area (Å²) in [6.45, 7) is 1.88. The molecule has 10 heavy (non-hydrogen) atoms. The summed E-state index contributed by atoms with van der Waals surface area (Å²) in [5.74, 6) is 0. The average molecular weight is 144 g/mol. The molecule has 0 aromatic heterocycles. The van der Waals surface area contributed by atoms with Crippen LogP contribution in [0.1, 0.15) is 12.8 Å². The van der Waals surface area contributed by atoms with Gasteiger partial charge in [-0.2, -0.15) is 0 Å². The van der Waals surface area contributed by atoms with Gasteiger partial charge < -0.3 is 15.7 Å². The van der Waals surface area contributed by atoms with Gasteiger partial charge in [0.2, 0.25) is 0 Å². The van der Waals surface area contributed by atoms with Crippen molar-refractivity contribution in [2.75, 3.05) is 20.1 Å². The van der Waals surface area contributed by atoms with Crippen molar-refractivity contribution in [2.45, 2.75) is 25.0 Å². The van der Waals surface area contributed by atoms with Crippen LogP contribution in [0.5, 0.6) is 0 Å². The minimum Gasteiger partial charge on any atom is -0.391 e. The lowest BCUT2D eigenvalue weighted by Crippen LogP contribution is -2.41. The molecule has 0 saturated carbocycles. The summed E-state index contributed by atoms with van der Waals surface area (Å²) in [4.78, 5) is 2.17. The fourth-order valence-electron chi connectivity index (χ4n) is 1.36. The van der Waals surface area contributed by atoms with Crippen LogP contribution in [0.3, 0.4) is 0 Å². The molecule has 1 fully saturated rings. The van der Waals surface area contributed by atoms with E-state index in [9.17, 15) is 5.11 Å². The van der Waals surface area contributed by atoms with Gasteiger partial charge in [-0.15, -0.1) is 0 Å². The third kappa shape index (κ3) is 1.94. The van der Waals surface area contributed by atoms with Crippen molar-refractivity contribution in [1.29, 1.82) is 0 Å². The number of nitrogens with two attached hydrogens (primary N) is 1. The second kappa shape index (κ2) is 3.32. The molecule has 3 nitrogen and oxygen atoms in total. The summed E-state index contributed by atoms with van der Waals surface area (Å²) < 4.78 is 0. The molecule has 0 amide bonds. The first-order valence-electron chi connectivity index (χ1n) is 3.82. The van der Waals surface area contributed by atoms with E-state index in [1.807, 2.05) is 7.05 Å². The lowest BCUT2D eigenvalue weighted by atomic mass is 10.1. The van der Waals surface area contributed by atoms with Gasteiger partial charge in [-0.05, 0) is 26.4 Å². The summed E-state index contributed by atoms with van der Waals surface area (Å²) in [5.41, 5.74) is 5.68. The third-order valence-corrected chi connectivity index (χ3v) is 2.06. The molecule has 2 atom stereocenters. The van der Waals surface area contributed by atoms with Crippen molar-refractivity contribution < 1.29 is 5.11 Å². The topological polar surface area (TPSA) is 49.5 Å². The van der Waals surface area contributed by atoms with Gasteiger partial charge in [-0.1, -0.05) is 0 Å². The molecule has 0 aromatic rings. The molecule has 1 saturated heterocycles. The number of rotatable bonds is 0. The van der Waals surface area contributed by atoms with Crippen LogP contribution in [0.2, 0.25) is 0 Å².